The van der Waals surface area contributed by atoms with E-state index < -0.39 is 6.10 Å². The van der Waals surface area contributed by atoms with E-state index in [0.29, 0.717) is 12.1 Å². The highest BCUT2D eigenvalue weighted by Gasteiger charge is 2.19. The molecule has 0 radical (unpaired) electrons. The fourth-order valence-corrected chi connectivity index (χ4v) is 1.61. The van der Waals surface area contributed by atoms with Crippen LogP contribution in [-0.2, 0) is 9.59 Å². The first kappa shape index (κ1) is 14.4. The largest absolute Gasteiger partial charge is 0.391 e. The highest BCUT2D eigenvalue weighted by molar-refractivity contribution is 6.04. The van der Waals surface area contributed by atoms with E-state index in [1.165, 1.54) is 11.8 Å². The van der Waals surface area contributed by atoms with Crippen molar-refractivity contribution in [3.63, 3.8) is 0 Å². The number of anilines is 1. The quantitative estimate of drug-likeness (QED) is 0.782. The number of aliphatic hydroxyl groups excluding tert-OH is 1. The molecule has 4 nitrogen and oxygen atoms in total. The maximum Gasteiger partial charge on any atom is 0.234 e. The van der Waals surface area contributed by atoms with E-state index in [-0.39, 0.29) is 24.7 Å². The Labute approximate surface area is 107 Å². The molecule has 0 spiro atoms. The van der Waals surface area contributed by atoms with Gasteiger partial charge in [0.25, 0.3) is 0 Å². The van der Waals surface area contributed by atoms with Crippen molar-refractivity contribution in [3.8, 4) is 0 Å². The number of carbonyl (C=O) groups is 2. The van der Waals surface area contributed by atoms with Crippen molar-refractivity contribution in [1.29, 1.82) is 0 Å². The van der Waals surface area contributed by atoms with Gasteiger partial charge in [0.2, 0.25) is 5.91 Å². The van der Waals surface area contributed by atoms with Crippen molar-refractivity contribution in [2.75, 3.05) is 11.4 Å². The molecule has 0 aliphatic carbocycles. The summed E-state index contributed by atoms with van der Waals surface area (Å²) in [7, 11) is 0. The van der Waals surface area contributed by atoms with Crippen LogP contribution in [0.15, 0.2) is 30.3 Å². The van der Waals surface area contributed by atoms with Crippen molar-refractivity contribution < 1.29 is 14.7 Å². The zero-order valence-corrected chi connectivity index (χ0v) is 10.8. The van der Waals surface area contributed by atoms with Crippen LogP contribution in [0.3, 0.4) is 0 Å². The van der Waals surface area contributed by atoms with Gasteiger partial charge in [-0.15, -0.1) is 0 Å². The van der Waals surface area contributed by atoms with Gasteiger partial charge < -0.3 is 10.0 Å². The Hall–Kier alpha value is -1.68. The monoisotopic (exact) mass is 249 g/mol. The molecule has 0 bridgehead atoms. The Balaban J connectivity index is 2.88. The maximum atomic E-state index is 12.0. The second-order valence-corrected chi connectivity index (χ2v) is 4.28. The van der Waals surface area contributed by atoms with Gasteiger partial charge in [0.1, 0.15) is 5.78 Å². The van der Waals surface area contributed by atoms with Gasteiger partial charge in [0, 0.05) is 5.69 Å². The minimum absolute atomic E-state index is 0.134. The van der Waals surface area contributed by atoms with E-state index in [9.17, 15) is 14.7 Å². The van der Waals surface area contributed by atoms with Gasteiger partial charge in [-0.3, -0.25) is 9.59 Å². The van der Waals surface area contributed by atoms with E-state index in [1.807, 2.05) is 25.1 Å². The third kappa shape index (κ3) is 4.30. The third-order valence-corrected chi connectivity index (χ3v) is 2.63. The summed E-state index contributed by atoms with van der Waals surface area (Å²) in [5, 5.41) is 9.69. The van der Waals surface area contributed by atoms with Gasteiger partial charge in [-0.05, 0) is 25.5 Å². The number of ketones is 1. The molecule has 1 aromatic rings. The van der Waals surface area contributed by atoms with Crippen molar-refractivity contribution in [1.82, 2.24) is 0 Å². The molecule has 1 amide bonds. The summed E-state index contributed by atoms with van der Waals surface area (Å²) in [6.07, 6.45) is -0.150. The van der Waals surface area contributed by atoms with Crippen LogP contribution in [-0.4, -0.2) is 29.4 Å². The zero-order valence-electron chi connectivity index (χ0n) is 10.8. The second-order valence-electron chi connectivity index (χ2n) is 4.28. The molecule has 0 heterocycles. The van der Waals surface area contributed by atoms with Crippen molar-refractivity contribution in [3.05, 3.63) is 30.3 Å². The third-order valence-electron chi connectivity index (χ3n) is 2.63. The van der Waals surface area contributed by atoms with Gasteiger partial charge in [-0.25, -0.2) is 0 Å². The summed E-state index contributed by atoms with van der Waals surface area (Å²) in [5.41, 5.74) is 0.705. The molecular formula is C14H19NO3. The van der Waals surface area contributed by atoms with Crippen LogP contribution in [0.5, 0.6) is 0 Å². The molecule has 1 unspecified atom stereocenters. The van der Waals surface area contributed by atoms with Gasteiger partial charge in [-0.2, -0.15) is 0 Å². The molecular weight excluding hydrogens is 230 g/mol. The van der Waals surface area contributed by atoms with Crippen LogP contribution in [0.2, 0.25) is 0 Å². The normalized spacial score (nSPS) is 11.9. The summed E-state index contributed by atoms with van der Waals surface area (Å²) in [6, 6.07) is 9.08. The molecule has 0 saturated heterocycles. The number of hydrogen-bond donors (Lipinski definition) is 1. The van der Waals surface area contributed by atoms with Crippen molar-refractivity contribution >= 4 is 17.4 Å². The smallest absolute Gasteiger partial charge is 0.234 e. The average Bonchev–Trinajstić information content (AvgIpc) is 2.35. The van der Waals surface area contributed by atoms with E-state index in [4.69, 9.17) is 0 Å². The SMILES string of the molecule is CCC(O)CN(C(=O)CC(C)=O)c1ccccc1. The van der Waals surface area contributed by atoms with Crippen LogP contribution in [0.4, 0.5) is 5.69 Å². The number of carbonyl (C=O) groups excluding carboxylic acids is 2. The molecule has 0 aliphatic heterocycles. The zero-order chi connectivity index (χ0) is 13.5. The highest BCUT2D eigenvalue weighted by Crippen LogP contribution is 2.15. The van der Waals surface area contributed by atoms with Crippen LogP contribution in [0.1, 0.15) is 26.7 Å². The summed E-state index contributed by atoms with van der Waals surface area (Å²) in [5.74, 6) is -0.451. The fraction of sp³-hybridized carbons (Fsp3) is 0.429. The lowest BCUT2D eigenvalue weighted by Crippen LogP contribution is -2.38. The number of rotatable bonds is 6. The van der Waals surface area contributed by atoms with Crippen LogP contribution < -0.4 is 4.90 Å². The standard InChI is InChI=1S/C14H19NO3/c1-3-13(17)10-15(14(18)9-11(2)16)12-7-5-4-6-8-12/h4-8,13,17H,3,9-10H2,1-2H3. The van der Waals surface area contributed by atoms with Gasteiger partial charge in [-0.1, -0.05) is 25.1 Å². The molecule has 18 heavy (non-hydrogen) atoms. The molecule has 98 valence electrons. The van der Waals surface area contributed by atoms with Crippen LogP contribution in [0.25, 0.3) is 0 Å². The molecule has 0 saturated carbocycles. The molecule has 0 aliphatic rings. The lowest BCUT2D eigenvalue weighted by molar-refractivity contribution is -0.125. The van der Waals surface area contributed by atoms with Crippen LogP contribution in [0, 0.1) is 0 Å². The Bertz CT molecular complexity index is 403. The van der Waals surface area contributed by atoms with Gasteiger partial charge in [0.05, 0.1) is 19.1 Å². The Morgan fingerprint density at radius 1 is 1.28 bits per heavy atom. The Kier molecular flexibility index (Phi) is 5.52. The maximum absolute atomic E-state index is 12.0. The first-order chi connectivity index (χ1) is 8.54. The first-order valence-electron chi connectivity index (χ1n) is 6.07. The van der Waals surface area contributed by atoms with Gasteiger partial charge >= 0.3 is 0 Å². The molecule has 1 rings (SSSR count). The van der Waals surface area contributed by atoms with Gasteiger partial charge in [0.15, 0.2) is 0 Å². The predicted octanol–water partition coefficient (Wildman–Crippen LogP) is 1.77. The minimum Gasteiger partial charge on any atom is -0.391 e. The van der Waals surface area contributed by atoms with E-state index in [0.717, 1.165) is 0 Å². The number of Topliss-reactive ketones (excluding diaryl/α,β-unsaturated/α-hetero) is 1. The molecule has 1 atom stereocenters. The first-order valence-corrected chi connectivity index (χ1v) is 6.07. The van der Waals surface area contributed by atoms with Crippen LogP contribution >= 0.6 is 0 Å². The topological polar surface area (TPSA) is 57.6 Å². The number of nitrogens with zero attached hydrogens (tertiary/aromatic N) is 1. The molecule has 1 aromatic carbocycles. The minimum atomic E-state index is -0.582. The molecule has 0 aromatic heterocycles. The number of benzene rings is 1. The number of aliphatic hydroxyl groups is 1. The Morgan fingerprint density at radius 3 is 2.39 bits per heavy atom. The number of amides is 1. The molecule has 1 N–H and O–H groups in total. The fourth-order valence-electron chi connectivity index (χ4n) is 1.61. The lowest BCUT2D eigenvalue weighted by atomic mass is 10.2. The van der Waals surface area contributed by atoms with Crippen molar-refractivity contribution in [2.24, 2.45) is 0 Å². The molecule has 4 heteroatoms. The summed E-state index contributed by atoms with van der Waals surface area (Å²) in [6.45, 7) is 3.45. The predicted molar refractivity (Wildman–Crippen MR) is 70.4 cm³/mol. The lowest BCUT2D eigenvalue weighted by Gasteiger charge is -2.24. The summed E-state index contributed by atoms with van der Waals surface area (Å²) < 4.78 is 0. The average molecular weight is 249 g/mol. The number of hydrogen-bond acceptors (Lipinski definition) is 3. The van der Waals surface area contributed by atoms with Crippen molar-refractivity contribution in [2.45, 2.75) is 32.8 Å². The summed E-state index contributed by atoms with van der Waals surface area (Å²) >= 11 is 0. The van der Waals surface area contributed by atoms with E-state index >= 15 is 0 Å². The molecule has 0 fully saturated rings. The Morgan fingerprint density at radius 2 is 1.89 bits per heavy atom. The van der Waals surface area contributed by atoms with E-state index in [2.05, 4.69) is 0 Å². The van der Waals surface area contributed by atoms with E-state index in [1.54, 1.807) is 12.1 Å². The summed E-state index contributed by atoms with van der Waals surface area (Å²) in [4.78, 5) is 24.5. The highest BCUT2D eigenvalue weighted by atomic mass is 16.3. The second kappa shape index (κ2) is 6.91. The number of para-hydroxylation sites is 1.